The maximum Gasteiger partial charge on any atom is 0.131 e. The first-order valence-electron chi connectivity index (χ1n) is 12.3. The number of rotatable bonds is 9. The Balaban J connectivity index is 1.34. The quantitative estimate of drug-likeness (QED) is 0.210. The molecule has 6 N–H and O–H groups in total. The van der Waals surface area contributed by atoms with E-state index in [0.717, 1.165) is 44.9 Å². The van der Waals surface area contributed by atoms with Gasteiger partial charge in [0, 0.05) is 17.2 Å². The van der Waals surface area contributed by atoms with Gasteiger partial charge in [-0.3, -0.25) is 0 Å². The van der Waals surface area contributed by atoms with Crippen LogP contribution in [0.1, 0.15) is 35.1 Å². The first kappa shape index (κ1) is 23.9. The maximum absolute atomic E-state index is 11.0. The second-order valence-corrected chi connectivity index (χ2v) is 9.04. The number of fused-ring (bicyclic) bond motifs is 1. The van der Waals surface area contributed by atoms with Gasteiger partial charge in [0.15, 0.2) is 0 Å². The second kappa shape index (κ2) is 10.8. The molecule has 3 unspecified atom stereocenters. The number of ether oxygens (including phenoxy) is 1. The topological polar surface area (TPSA) is 91.6 Å². The molecule has 4 aromatic rings. The van der Waals surface area contributed by atoms with Crippen molar-refractivity contribution in [1.29, 1.82) is 0 Å². The third-order valence-electron chi connectivity index (χ3n) is 6.78. The SMILES string of the molecule is COc1ccc(-c2ccc(C3NNc4ccc(NC(O)C(CCN)c5ccccc5)cc43)cc2)cc1. The number of hydrogen-bond acceptors (Lipinski definition) is 6. The van der Waals surface area contributed by atoms with Crippen LogP contribution >= 0.6 is 0 Å². The molecule has 3 atom stereocenters. The van der Waals surface area contributed by atoms with Crippen LogP contribution in [0.3, 0.4) is 0 Å². The van der Waals surface area contributed by atoms with Crippen molar-refractivity contribution >= 4 is 11.4 Å². The summed E-state index contributed by atoms with van der Waals surface area (Å²) >= 11 is 0. The third-order valence-corrected chi connectivity index (χ3v) is 6.78. The highest BCUT2D eigenvalue weighted by atomic mass is 16.5. The van der Waals surface area contributed by atoms with E-state index in [2.05, 4.69) is 58.6 Å². The smallest absolute Gasteiger partial charge is 0.131 e. The van der Waals surface area contributed by atoms with E-state index < -0.39 is 6.23 Å². The van der Waals surface area contributed by atoms with Crippen LogP contribution in [0.2, 0.25) is 0 Å². The Kier molecular flexibility index (Phi) is 7.18. The molecule has 184 valence electrons. The minimum atomic E-state index is -0.751. The fraction of sp³-hybridized carbons (Fsp3) is 0.200. The highest BCUT2D eigenvalue weighted by Crippen LogP contribution is 2.36. The van der Waals surface area contributed by atoms with Gasteiger partial charge in [0.1, 0.15) is 12.0 Å². The largest absolute Gasteiger partial charge is 0.497 e. The zero-order chi connectivity index (χ0) is 24.9. The summed E-state index contributed by atoms with van der Waals surface area (Å²) in [6.07, 6.45) is -0.0615. The molecule has 0 saturated heterocycles. The van der Waals surface area contributed by atoms with Crippen molar-refractivity contribution in [1.82, 2.24) is 5.43 Å². The van der Waals surface area contributed by atoms with Crippen molar-refractivity contribution in [2.24, 2.45) is 5.73 Å². The average Bonchev–Trinajstić information content (AvgIpc) is 3.35. The first-order chi connectivity index (χ1) is 17.7. The van der Waals surface area contributed by atoms with E-state index in [1.54, 1.807) is 7.11 Å². The number of hydrazine groups is 1. The van der Waals surface area contributed by atoms with Crippen molar-refractivity contribution in [2.75, 3.05) is 24.4 Å². The van der Waals surface area contributed by atoms with E-state index >= 15 is 0 Å². The lowest BCUT2D eigenvalue weighted by Gasteiger charge is -2.25. The van der Waals surface area contributed by atoms with Gasteiger partial charge in [-0.1, -0.05) is 66.7 Å². The van der Waals surface area contributed by atoms with Crippen LogP contribution in [-0.4, -0.2) is 25.0 Å². The summed E-state index contributed by atoms with van der Waals surface area (Å²) in [7, 11) is 1.67. The predicted octanol–water partition coefficient (Wildman–Crippen LogP) is 5.24. The highest BCUT2D eigenvalue weighted by molar-refractivity contribution is 5.67. The van der Waals surface area contributed by atoms with E-state index in [1.165, 1.54) is 0 Å². The molecule has 0 fully saturated rings. The maximum atomic E-state index is 11.0. The number of hydrogen-bond donors (Lipinski definition) is 5. The molecule has 0 saturated carbocycles. The molecule has 0 aliphatic carbocycles. The summed E-state index contributed by atoms with van der Waals surface area (Å²) in [5.41, 5.74) is 20.1. The molecule has 0 spiro atoms. The Morgan fingerprint density at radius 1 is 0.917 bits per heavy atom. The molecule has 4 aromatic carbocycles. The fourth-order valence-electron chi connectivity index (χ4n) is 4.81. The van der Waals surface area contributed by atoms with Gasteiger partial charge in [-0.05, 0) is 65.6 Å². The molecule has 5 rings (SSSR count). The van der Waals surface area contributed by atoms with E-state index in [-0.39, 0.29) is 12.0 Å². The minimum absolute atomic E-state index is 0.00206. The molecule has 6 heteroatoms. The van der Waals surface area contributed by atoms with Crippen LogP contribution in [-0.2, 0) is 0 Å². The van der Waals surface area contributed by atoms with Gasteiger partial charge in [0.2, 0.25) is 0 Å². The Morgan fingerprint density at radius 2 is 1.61 bits per heavy atom. The standard InChI is InChI=1S/C30H32N4O2/c1-36-25-14-11-21(12-15-25)20-7-9-23(10-8-20)29-27-19-24(13-16-28(27)33-34-29)32-30(35)26(17-18-31)22-5-3-2-4-6-22/h2-16,19,26,29-30,32-35H,17-18,31H2,1H3. The Bertz CT molecular complexity index is 1280. The van der Waals surface area contributed by atoms with Crippen LogP contribution in [0.4, 0.5) is 11.4 Å². The van der Waals surface area contributed by atoms with E-state index in [0.29, 0.717) is 13.0 Å². The summed E-state index contributed by atoms with van der Waals surface area (Å²) in [5.74, 6) is 0.753. The number of methoxy groups -OCH3 is 1. The third kappa shape index (κ3) is 5.06. The van der Waals surface area contributed by atoms with Crippen LogP contribution in [0, 0.1) is 0 Å². The minimum Gasteiger partial charge on any atom is -0.497 e. The molecular formula is C30H32N4O2. The molecule has 1 aliphatic heterocycles. The number of nitrogens with one attached hydrogen (secondary N) is 3. The van der Waals surface area contributed by atoms with Gasteiger partial charge in [-0.2, -0.15) is 0 Å². The second-order valence-electron chi connectivity index (χ2n) is 9.04. The van der Waals surface area contributed by atoms with E-state index in [1.807, 2.05) is 54.6 Å². The van der Waals surface area contributed by atoms with Gasteiger partial charge >= 0.3 is 0 Å². The first-order valence-corrected chi connectivity index (χ1v) is 12.3. The Labute approximate surface area is 212 Å². The molecule has 1 aliphatic rings. The van der Waals surface area contributed by atoms with E-state index in [9.17, 15) is 5.11 Å². The lowest BCUT2D eigenvalue weighted by Crippen LogP contribution is -2.29. The summed E-state index contributed by atoms with van der Waals surface area (Å²) in [6, 6.07) is 32.8. The highest BCUT2D eigenvalue weighted by Gasteiger charge is 2.25. The van der Waals surface area contributed by atoms with Crippen LogP contribution in [0.15, 0.2) is 97.1 Å². The fourth-order valence-corrected chi connectivity index (χ4v) is 4.81. The molecule has 6 nitrogen and oxygen atoms in total. The summed E-state index contributed by atoms with van der Waals surface area (Å²) in [6.45, 7) is 0.505. The normalized spacial score (nSPS) is 16.0. The predicted molar refractivity (Wildman–Crippen MR) is 146 cm³/mol. The Hall–Kier alpha value is -3.84. The van der Waals surface area contributed by atoms with Crippen molar-refractivity contribution in [3.8, 4) is 16.9 Å². The van der Waals surface area contributed by atoms with Crippen molar-refractivity contribution in [2.45, 2.75) is 24.6 Å². The number of aliphatic hydroxyl groups is 1. The number of nitrogens with two attached hydrogens (primary N) is 1. The monoisotopic (exact) mass is 480 g/mol. The van der Waals surface area contributed by atoms with Crippen LogP contribution in [0.5, 0.6) is 5.75 Å². The van der Waals surface area contributed by atoms with Gasteiger partial charge < -0.3 is 26.3 Å². The van der Waals surface area contributed by atoms with Crippen molar-refractivity contribution < 1.29 is 9.84 Å². The molecule has 0 aromatic heterocycles. The van der Waals surface area contributed by atoms with Crippen LogP contribution < -0.4 is 26.6 Å². The molecule has 36 heavy (non-hydrogen) atoms. The zero-order valence-corrected chi connectivity index (χ0v) is 20.3. The number of aliphatic hydroxyl groups excluding tert-OH is 1. The van der Waals surface area contributed by atoms with Crippen molar-refractivity contribution in [3.63, 3.8) is 0 Å². The molecular weight excluding hydrogens is 448 g/mol. The molecule has 0 bridgehead atoms. The van der Waals surface area contributed by atoms with Gasteiger partial charge in [-0.25, -0.2) is 5.43 Å². The van der Waals surface area contributed by atoms with Gasteiger partial charge in [0.05, 0.1) is 18.8 Å². The molecule has 0 amide bonds. The van der Waals surface area contributed by atoms with Gasteiger partial charge in [-0.15, -0.1) is 0 Å². The lowest BCUT2D eigenvalue weighted by atomic mass is 9.93. The average molecular weight is 481 g/mol. The number of benzene rings is 4. The van der Waals surface area contributed by atoms with Crippen LogP contribution in [0.25, 0.3) is 11.1 Å². The molecule has 0 radical (unpaired) electrons. The summed E-state index contributed by atoms with van der Waals surface area (Å²) in [4.78, 5) is 0. The van der Waals surface area contributed by atoms with Crippen molar-refractivity contribution in [3.05, 3.63) is 114 Å². The molecule has 1 heterocycles. The lowest BCUT2D eigenvalue weighted by molar-refractivity contribution is 0.167. The van der Waals surface area contributed by atoms with E-state index in [4.69, 9.17) is 10.5 Å². The zero-order valence-electron chi connectivity index (χ0n) is 20.3. The Morgan fingerprint density at radius 3 is 2.28 bits per heavy atom. The van der Waals surface area contributed by atoms with Gasteiger partial charge in [0.25, 0.3) is 0 Å². The summed E-state index contributed by atoms with van der Waals surface area (Å²) < 4.78 is 5.26. The number of anilines is 2. The summed E-state index contributed by atoms with van der Waals surface area (Å²) in [5, 5.41) is 14.3.